The lowest BCUT2D eigenvalue weighted by atomic mass is 10.00. The molecule has 0 saturated carbocycles. The van der Waals surface area contributed by atoms with Gasteiger partial charge in [-0.3, -0.25) is 0 Å². The highest BCUT2D eigenvalue weighted by molar-refractivity contribution is 5.87. The summed E-state index contributed by atoms with van der Waals surface area (Å²) in [5, 5.41) is 18.3. The molecule has 6 heteroatoms. The topological polar surface area (TPSA) is 75.1 Å². The highest BCUT2D eigenvalue weighted by Gasteiger charge is 2.11. The minimum Gasteiger partial charge on any atom is -0.493 e. The van der Waals surface area contributed by atoms with Crippen molar-refractivity contribution < 1.29 is 14.6 Å². The number of guanidine groups is 1. The van der Waals surface area contributed by atoms with Gasteiger partial charge in [0.05, 0.1) is 26.3 Å². The molecule has 0 saturated heterocycles. The van der Waals surface area contributed by atoms with Crippen molar-refractivity contribution in [3.05, 3.63) is 71.8 Å². The van der Waals surface area contributed by atoms with E-state index < -0.39 is 0 Å². The van der Waals surface area contributed by atoms with Crippen LogP contribution in [0.5, 0.6) is 11.5 Å². The molecule has 3 rings (SSSR count). The summed E-state index contributed by atoms with van der Waals surface area (Å²) in [6, 6.07) is 20.6. The number of ether oxygens (including phenoxy) is 2. The van der Waals surface area contributed by atoms with Crippen LogP contribution in [-0.4, -0.2) is 37.9 Å². The van der Waals surface area contributed by atoms with Crippen molar-refractivity contribution in [3.63, 3.8) is 0 Å². The number of hydrogen-bond donors (Lipinski definition) is 3. The Hall–Kier alpha value is -3.25. The number of aliphatic hydroxyl groups is 1. The Morgan fingerprint density at radius 3 is 2.65 bits per heavy atom. The smallest absolute Gasteiger partial charge is 0.192 e. The van der Waals surface area contributed by atoms with E-state index in [-0.39, 0.29) is 19.3 Å². The molecule has 0 aliphatic heterocycles. The monoisotopic (exact) mass is 421 g/mol. The number of benzene rings is 3. The summed E-state index contributed by atoms with van der Waals surface area (Å²) in [6.45, 7) is 5.65. The molecule has 3 aromatic carbocycles. The zero-order valence-corrected chi connectivity index (χ0v) is 18.4. The molecule has 3 N–H and O–H groups in total. The van der Waals surface area contributed by atoms with Gasteiger partial charge in [0.25, 0.3) is 0 Å². The van der Waals surface area contributed by atoms with E-state index in [9.17, 15) is 0 Å². The van der Waals surface area contributed by atoms with E-state index in [1.165, 1.54) is 16.3 Å². The van der Waals surface area contributed by atoms with Crippen LogP contribution in [0.15, 0.2) is 65.7 Å². The largest absolute Gasteiger partial charge is 0.493 e. The molecule has 0 aliphatic rings. The Bertz CT molecular complexity index is 1010. The third-order valence-electron chi connectivity index (χ3n) is 4.98. The summed E-state index contributed by atoms with van der Waals surface area (Å²) >= 11 is 0. The lowest BCUT2D eigenvalue weighted by Gasteiger charge is -2.20. The fourth-order valence-corrected chi connectivity index (χ4v) is 3.49. The van der Waals surface area contributed by atoms with Gasteiger partial charge in [0.2, 0.25) is 0 Å². The summed E-state index contributed by atoms with van der Waals surface area (Å²) in [5.74, 6) is 1.99. The molecule has 0 heterocycles. The zero-order chi connectivity index (χ0) is 22.1. The van der Waals surface area contributed by atoms with E-state index in [0.717, 1.165) is 18.1 Å². The third-order valence-corrected chi connectivity index (χ3v) is 4.98. The molecule has 1 atom stereocenters. The summed E-state index contributed by atoms with van der Waals surface area (Å²) in [7, 11) is 1.60. The van der Waals surface area contributed by atoms with Crippen LogP contribution in [0.1, 0.15) is 31.0 Å². The molecule has 0 amide bonds. The lowest BCUT2D eigenvalue weighted by molar-refractivity contribution is 0.196. The summed E-state index contributed by atoms with van der Waals surface area (Å²) in [5.41, 5.74) is 2.24. The highest BCUT2D eigenvalue weighted by Crippen LogP contribution is 2.28. The first kappa shape index (κ1) is 22.4. The summed E-state index contributed by atoms with van der Waals surface area (Å²) in [4.78, 5) is 4.75. The second kappa shape index (κ2) is 11.2. The first-order valence-electron chi connectivity index (χ1n) is 10.6. The van der Waals surface area contributed by atoms with Crippen molar-refractivity contribution >= 4 is 16.7 Å². The zero-order valence-electron chi connectivity index (χ0n) is 18.4. The first-order chi connectivity index (χ1) is 15.2. The number of nitrogens with one attached hydrogen (secondary N) is 2. The molecule has 1 unspecified atom stereocenters. The van der Waals surface area contributed by atoms with Crippen molar-refractivity contribution in [2.45, 2.75) is 26.4 Å². The van der Waals surface area contributed by atoms with Crippen molar-refractivity contribution in [1.82, 2.24) is 10.6 Å². The maximum absolute atomic E-state index is 8.96. The summed E-state index contributed by atoms with van der Waals surface area (Å²) < 4.78 is 10.9. The fourth-order valence-electron chi connectivity index (χ4n) is 3.49. The van der Waals surface area contributed by atoms with Gasteiger partial charge in [-0.1, -0.05) is 48.5 Å². The molecule has 164 valence electrons. The minimum atomic E-state index is -0.0399. The van der Waals surface area contributed by atoms with Crippen molar-refractivity contribution in [2.24, 2.45) is 4.99 Å². The van der Waals surface area contributed by atoms with Crippen LogP contribution in [-0.2, 0) is 6.54 Å². The SMILES string of the molecule is CCNC(=NCc1ccc(OCCO)c(OC)c1)NC(C)c1cccc2ccccc12. The van der Waals surface area contributed by atoms with E-state index in [1.807, 2.05) is 18.2 Å². The van der Waals surface area contributed by atoms with E-state index in [4.69, 9.17) is 19.6 Å². The number of rotatable bonds is 9. The van der Waals surface area contributed by atoms with Crippen LogP contribution in [0, 0.1) is 0 Å². The quantitative estimate of drug-likeness (QED) is 0.359. The van der Waals surface area contributed by atoms with Gasteiger partial charge in [0, 0.05) is 6.54 Å². The Morgan fingerprint density at radius 1 is 1.06 bits per heavy atom. The molecular weight excluding hydrogens is 390 g/mol. The van der Waals surface area contributed by atoms with E-state index >= 15 is 0 Å². The first-order valence-corrected chi connectivity index (χ1v) is 10.6. The number of fused-ring (bicyclic) bond motifs is 1. The van der Waals surface area contributed by atoms with Gasteiger partial charge in [0.1, 0.15) is 6.61 Å². The second-order valence-electron chi connectivity index (χ2n) is 7.19. The number of aliphatic hydroxyl groups excluding tert-OH is 1. The predicted octanol–water partition coefficient (Wildman–Crippen LogP) is 4.04. The molecule has 0 aliphatic carbocycles. The van der Waals surface area contributed by atoms with Gasteiger partial charge in [-0.2, -0.15) is 0 Å². The Balaban J connectivity index is 1.75. The molecule has 31 heavy (non-hydrogen) atoms. The molecule has 0 fully saturated rings. The lowest BCUT2D eigenvalue weighted by Crippen LogP contribution is -2.38. The Morgan fingerprint density at radius 2 is 1.87 bits per heavy atom. The minimum absolute atomic E-state index is 0.0399. The normalized spacial score (nSPS) is 12.5. The molecule has 0 spiro atoms. The van der Waals surface area contributed by atoms with Crippen molar-refractivity contribution in [1.29, 1.82) is 0 Å². The van der Waals surface area contributed by atoms with Crippen LogP contribution in [0.3, 0.4) is 0 Å². The molecular formula is C25H31N3O3. The van der Waals surface area contributed by atoms with Crippen LogP contribution >= 0.6 is 0 Å². The number of nitrogens with zero attached hydrogens (tertiary/aromatic N) is 1. The molecule has 6 nitrogen and oxygen atoms in total. The average molecular weight is 422 g/mol. The van der Waals surface area contributed by atoms with Gasteiger partial charge >= 0.3 is 0 Å². The van der Waals surface area contributed by atoms with E-state index in [2.05, 4.69) is 66.9 Å². The van der Waals surface area contributed by atoms with Crippen LogP contribution in [0.25, 0.3) is 10.8 Å². The molecule has 0 bridgehead atoms. The second-order valence-corrected chi connectivity index (χ2v) is 7.19. The maximum atomic E-state index is 8.96. The van der Waals surface area contributed by atoms with Gasteiger partial charge < -0.3 is 25.2 Å². The van der Waals surface area contributed by atoms with Crippen molar-refractivity contribution in [2.75, 3.05) is 26.9 Å². The maximum Gasteiger partial charge on any atom is 0.192 e. The fraction of sp³-hybridized carbons (Fsp3) is 0.320. The van der Waals surface area contributed by atoms with Gasteiger partial charge in [0.15, 0.2) is 17.5 Å². The van der Waals surface area contributed by atoms with Crippen LogP contribution in [0.2, 0.25) is 0 Å². The van der Waals surface area contributed by atoms with Crippen LogP contribution < -0.4 is 20.1 Å². The van der Waals surface area contributed by atoms with E-state index in [0.29, 0.717) is 18.0 Å². The third kappa shape index (κ3) is 5.89. The molecule has 0 radical (unpaired) electrons. The number of methoxy groups -OCH3 is 1. The predicted molar refractivity (Wildman–Crippen MR) is 126 cm³/mol. The van der Waals surface area contributed by atoms with Gasteiger partial charge in [-0.25, -0.2) is 4.99 Å². The highest BCUT2D eigenvalue weighted by atomic mass is 16.5. The summed E-state index contributed by atoms with van der Waals surface area (Å²) in [6.07, 6.45) is 0. The van der Waals surface area contributed by atoms with Crippen molar-refractivity contribution in [3.8, 4) is 11.5 Å². The van der Waals surface area contributed by atoms with E-state index in [1.54, 1.807) is 7.11 Å². The van der Waals surface area contributed by atoms with Gasteiger partial charge in [-0.15, -0.1) is 0 Å². The van der Waals surface area contributed by atoms with Crippen LogP contribution in [0.4, 0.5) is 0 Å². The Kier molecular flexibility index (Phi) is 8.12. The molecule has 3 aromatic rings. The standard InChI is InChI=1S/C25H31N3O3/c1-4-26-25(27-17-19-12-13-23(31-15-14-29)24(16-19)30-3)28-18(2)21-11-7-9-20-8-5-6-10-22(20)21/h5-13,16,18,29H,4,14-15,17H2,1-3H3,(H2,26,27,28). The number of hydrogen-bond acceptors (Lipinski definition) is 4. The molecule has 0 aromatic heterocycles. The Labute approximate surface area is 183 Å². The average Bonchev–Trinajstić information content (AvgIpc) is 2.81. The van der Waals surface area contributed by atoms with Gasteiger partial charge in [-0.05, 0) is 47.9 Å². The number of aliphatic imine (C=N–C) groups is 1.